The van der Waals surface area contributed by atoms with Gasteiger partial charge in [0.2, 0.25) is 5.91 Å². The molecule has 2 aromatic carbocycles. The predicted octanol–water partition coefficient (Wildman–Crippen LogP) is 3.09. The molecule has 1 saturated heterocycles. The molecule has 6 nitrogen and oxygen atoms in total. The highest BCUT2D eigenvalue weighted by molar-refractivity contribution is 5.97. The second-order valence-corrected chi connectivity index (χ2v) is 6.08. The summed E-state index contributed by atoms with van der Waals surface area (Å²) in [6.07, 6.45) is 0.705. The average molecular weight is 349 g/mol. The maximum Gasteiger partial charge on any atom is 0.265 e. The van der Waals surface area contributed by atoms with Gasteiger partial charge in [0.1, 0.15) is 5.75 Å². The zero-order chi connectivity index (χ0) is 18.5. The van der Waals surface area contributed by atoms with E-state index in [4.69, 9.17) is 10.00 Å². The average Bonchev–Trinajstić information content (AvgIpc) is 3.08. The van der Waals surface area contributed by atoms with Crippen molar-refractivity contribution >= 4 is 23.2 Å². The smallest absolute Gasteiger partial charge is 0.265 e. The lowest BCUT2D eigenvalue weighted by Crippen LogP contribution is -2.30. The maximum absolute atomic E-state index is 12.4. The molecule has 1 heterocycles. The summed E-state index contributed by atoms with van der Waals surface area (Å²) in [7, 11) is 0. The Bertz CT molecular complexity index is 855. The number of anilines is 2. The number of nitrogens with one attached hydrogen (secondary N) is 1. The van der Waals surface area contributed by atoms with Crippen LogP contribution < -0.4 is 15.0 Å². The first-order chi connectivity index (χ1) is 12.6. The van der Waals surface area contributed by atoms with E-state index in [1.807, 2.05) is 18.2 Å². The highest BCUT2D eigenvalue weighted by atomic mass is 16.5. The van der Waals surface area contributed by atoms with Crippen LogP contribution >= 0.6 is 0 Å². The highest BCUT2D eigenvalue weighted by Crippen LogP contribution is 2.24. The first kappa shape index (κ1) is 17.5. The third-order valence-electron chi connectivity index (χ3n) is 4.16. The van der Waals surface area contributed by atoms with Crippen molar-refractivity contribution in [1.82, 2.24) is 0 Å². The fourth-order valence-electron chi connectivity index (χ4n) is 2.78. The fourth-order valence-corrected chi connectivity index (χ4v) is 2.78. The Morgan fingerprint density at radius 1 is 1.27 bits per heavy atom. The summed E-state index contributed by atoms with van der Waals surface area (Å²) >= 11 is 0. The Balaban J connectivity index is 1.63. The van der Waals surface area contributed by atoms with E-state index < -0.39 is 6.10 Å². The van der Waals surface area contributed by atoms with Gasteiger partial charge in [0.05, 0.1) is 11.6 Å². The summed E-state index contributed by atoms with van der Waals surface area (Å²) in [4.78, 5) is 26.0. The molecule has 3 rings (SSSR count). The first-order valence-corrected chi connectivity index (χ1v) is 8.45. The van der Waals surface area contributed by atoms with E-state index in [1.165, 1.54) is 0 Å². The highest BCUT2D eigenvalue weighted by Gasteiger charge is 2.22. The topological polar surface area (TPSA) is 82.4 Å². The lowest BCUT2D eigenvalue weighted by molar-refractivity contribution is -0.122. The SMILES string of the molecule is C[C@H](Oc1ccc(C#N)cc1)C(=O)Nc1cccc(N2CCCC2=O)c1. The number of carbonyl (C=O) groups is 2. The maximum atomic E-state index is 12.4. The zero-order valence-corrected chi connectivity index (χ0v) is 14.4. The number of nitrogens with zero attached hydrogens (tertiary/aromatic N) is 2. The molecular weight excluding hydrogens is 330 g/mol. The third-order valence-corrected chi connectivity index (χ3v) is 4.16. The molecule has 132 valence electrons. The molecule has 26 heavy (non-hydrogen) atoms. The van der Waals surface area contributed by atoms with Gasteiger partial charge in [-0.15, -0.1) is 0 Å². The van der Waals surface area contributed by atoms with Crippen molar-refractivity contribution in [3.05, 3.63) is 54.1 Å². The normalized spacial score (nSPS) is 14.6. The largest absolute Gasteiger partial charge is 0.481 e. The Hall–Kier alpha value is -3.33. The Labute approximate surface area is 152 Å². The van der Waals surface area contributed by atoms with Gasteiger partial charge in [0, 0.05) is 24.3 Å². The molecule has 2 amide bonds. The van der Waals surface area contributed by atoms with Crippen LogP contribution in [0.3, 0.4) is 0 Å². The van der Waals surface area contributed by atoms with Gasteiger partial charge in [-0.2, -0.15) is 5.26 Å². The molecule has 0 unspecified atom stereocenters. The van der Waals surface area contributed by atoms with E-state index >= 15 is 0 Å². The molecule has 1 aliphatic rings. The van der Waals surface area contributed by atoms with E-state index in [2.05, 4.69) is 5.32 Å². The van der Waals surface area contributed by atoms with Crippen molar-refractivity contribution in [2.45, 2.75) is 25.9 Å². The molecule has 1 fully saturated rings. The van der Waals surface area contributed by atoms with Crippen LogP contribution in [0.5, 0.6) is 5.75 Å². The summed E-state index contributed by atoms with van der Waals surface area (Å²) in [5.41, 5.74) is 1.93. The number of carbonyl (C=O) groups excluding carboxylic acids is 2. The van der Waals surface area contributed by atoms with Crippen LogP contribution in [0.2, 0.25) is 0 Å². The van der Waals surface area contributed by atoms with Gasteiger partial charge in [-0.3, -0.25) is 9.59 Å². The van der Waals surface area contributed by atoms with Crippen LogP contribution in [0.4, 0.5) is 11.4 Å². The van der Waals surface area contributed by atoms with Crippen molar-refractivity contribution in [3.8, 4) is 11.8 Å². The molecule has 1 atom stereocenters. The molecule has 0 radical (unpaired) electrons. The molecule has 0 aromatic heterocycles. The number of rotatable bonds is 5. The summed E-state index contributed by atoms with van der Waals surface area (Å²) in [5, 5.41) is 11.6. The summed E-state index contributed by atoms with van der Waals surface area (Å²) in [5.74, 6) is 0.327. The summed E-state index contributed by atoms with van der Waals surface area (Å²) in [6, 6.07) is 15.8. The number of hydrogen-bond acceptors (Lipinski definition) is 4. The van der Waals surface area contributed by atoms with Gasteiger partial charge < -0.3 is 15.0 Å². The third kappa shape index (κ3) is 4.01. The van der Waals surface area contributed by atoms with Crippen LogP contribution in [-0.2, 0) is 9.59 Å². The van der Waals surface area contributed by atoms with Gasteiger partial charge in [-0.1, -0.05) is 6.07 Å². The number of benzene rings is 2. The molecule has 0 saturated carbocycles. The Morgan fingerprint density at radius 3 is 2.69 bits per heavy atom. The Morgan fingerprint density at radius 2 is 2.04 bits per heavy atom. The molecule has 0 aliphatic carbocycles. The molecule has 1 aliphatic heterocycles. The number of ether oxygens (including phenoxy) is 1. The van der Waals surface area contributed by atoms with Crippen LogP contribution in [0.25, 0.3) is 0 Å². The molecule has 0 bridgehead atoms. The van der Waals surface area contributed by atoms with E-state index in [0.717, 1.165) is 12.1 Å². The first-order valence-electron chi connectivity index (χ1n) is 8.45. The van der Waals surface area contributed by atoms with E-state index in [0.29, 0.717) is 30.0 Å². The minimum Gasteiger partial charge on any atom is -0.481 e. The minimum absolute atomic E-state index is 0.103. The molecule has 1 N–H and O–H groups in total. The lowest BCUT2D eigenvalue weighted by atomic mass is 10.2. The van der Waals surface area contributed by atoms with Crippen molar-refractivity contribution < 1.29 is 14.3 Å². The van der Waals surface area contributed by atoms with Crippen molar-refractivity contribution in [1.29, 1.82) is 5.26 Å². The van der Waals surface area contributed by atoms with E-state index in [-0.39, 0.29) is 11.8 Å². The summed E-state index contributed by atoms with van der Waals surface area (Å²) in [6.45, 7) is 2.36. The summed E-state index contributed by atoms with van der Waals surface area (Å²) < 4.78 is 5.61. The van der Waals surface area contributed by atoms with Gasteiger partial charge in [0.15, 0.2) is 6.10 Å². The standard InChI is InChI=1S/C20H19N3O3/c1-14(26-18-9-7-15(13-21)8-10-18)20(25)22-16-4-2-5-17(12-16)23-11-3-6-19(23)24/h2,4-5,7-10,12,14H,3,6,11H2,1H3,(H,22,25)/t14-/m0/s1. The molecule has 2 aromatic rings. The second-order valence-electron chi connectivity index (χ2n) is 6.08. The molecule has 6 heteroatoms. The van der Waals surface area contributed by atoms with Crippen LogP contribution in [0, 0.1) is 11.3 Å². The fraction of sp³-hybridized carbons (Fsp3) is 0.250. The number of amides is 2. The number of hydrogen-bond donors (Lipinski definition) is 1. The Kier molecular flexibility index (Phi) is 5.18. The van der Waals surface area contributed by atoms with Crippen LogP contribution in [0.15, 0.2) is 48.5 Å². The van der Waals surface area contributed by atoms with Crippen molar-refractivity contribution in [2.75, 3.05) is 16.8 Å². The van der Waals surface area contributed by atoms with Gasteiger partial charge in [-0.05, 0) is 55.8 Å². The van der Waals surface area contributed by atoms with Crippen LogP contribution in [-0.4, -0.2) is 24.5 Å². The molecule has 0 spiro atoms. The van der Waals surface area contributed by atoms with E-state index in [9.17, 15) is 9.59 Å². The molecular formula is C20H19N3O3. The minimum atomic E-state index is -0.708. The predicted molar refractivity (Wildman–Crippen MR) is 97.9 cm³/mol. The zero-order valence-electron chi connectivity index (χ0n) is 14.4. The van der Waals surface area contributed by atoms with Gasteiger partial charge in [0.25, 0.3) is 5.91 Å². The van der Waals surface area contributed by atoms with Crippen molar-refractivity contribution in [2.24, 2.45) is 0 Å². The van der Waals surface area contributed by atoms with Gasteiger partial charge in [-0.25, -0.2) is 0 Å². The van der Waals surface area contributed by atoms with Crippen molar-refractivity contribution in [3.63, 3.8) is 0 Å². The lowest BCUT2D eigenvalue weighted by Gasteiger charge is -2.18. The number of nitriles is 1. The monoisotopic (exact) mass is 349 g/mol. The van der Waals surface area contributed by atoms with E-state index in [1.54, 1.807) is 48.2 Å². The van der Waals surface area contributed by atoms with Crippen LogP contribution in [0.1, 0.15) is 25.3 Å². The van der Waals surface area contributed by atoms with Gasteiger partial charge >= 0.3 is 0 Å². The second kappa shape index (κ2) is 7.70. The quantitative estimate of drug-likeness (QED) is 0.899.